The third kappa shape index (κ3) is 19.9. The van der Waals surface area contributed by atoms with Gasteiger partial charge in [-0.1, -0.05) is 183 Å². The molecule has 24 heteroatoms. The number of phenolic OH excluding ortho intramolecular Hbond substituents is 2. The van der Waals surface area contributed by atoms with E-state index < -0.39 is 83.5 Å². The maximum absolute atomic E-state index is 15.3. The van der Waals surface area contributed by atoms with E-state index in [-0.39, 0.29) is 155 Å². The van der Waals surface area contributed by atoms with E-state index in [1.807, 2.05) is 27.7 Å². The number of alkyl halides is 6. The lowest BCUT2D eigenvalue weighted by Gasteiger charge is -2.28. The molecule has 110 heavy (non-hydrogen) atoms. The average Bonchev–Trinajstić information content (AvgIpc) is 0.749. The van der Waals surface area contributed by atoms with Crippen molar-refractivity contribution < 1.29 is 94.3 Å². The standard InChI is InChI=1S/C86H82F6N4O14/c1-5-35-103-77-63-39-61(59-31-21-33-69(45-59)85(87,88)89)41-65(77)47-71-75(95(83(101)109-53-57-27-17-11-18-28-57)93-81(99)107-51-55-23-13-9-14-24-55)74(98)50-68(80(71)106-38-8-4)44-64-40-62(60-32-22-34-70(46-60)86(90,91)92)42-66(78(64)104-36-6-2)48-72-76(73(97)49-67(43-63)79(72)105-37-7-3)96(84(102)110-54-58-29-19-12-20-30-58)94-82(100)108-52-56-25-15-10-16-26-56/h9-34,39-42,45-46,49-50,97-98H,5-8,35-38,43-44,47-48,51-54H2,1-4H3,(H,93,99)(H,94,100). The minimum absolute atomic E-state index is 0.0149. The van der Waals surface area contributed by atoms with Gasteiger partial charge in [0, 0.05) is 47.9 Å². The number of phenols is 2. The molecule has 0 saturated carbocycles. The first-order valence-electron chi connectivity index (χ1n) is 35.9. The number of carbonyl (C=O) groups excluding carboxylic acids is 2. The van der Waals surface area contributed by atoms with Gasteiger partial charge in [-0.05, 0) is 153 Å². The summed E-state index contributed by atoms with van der Waals surface area (Å²) in [6.45, 7) is 6.06. The quantitative estimate of drug-likeness (QED) is 0.0172. The summed E-state index contributed by atoms with van der Waals surface area (Å²) >= 11 is 0. The molecule has 0 atom stereocenters. The van der Waals surface area contributed by atoms with Crippen LogP contribution in [0.5, 0.6) is 34.5 Å². The summed E-state index contributed by atoms with van der Waals surface area (Å²) in [5, 5.41) is 60.1. The van der Waals surface area contributed by atoms with Crippen molar-refractivity contribution in [3.63, 3.8) is 0 Å². The van der Waals surface area contributed by atoms with Crippen LogP contribution in [0.1, 0.15) is 131 Å². The predicted octanol–water partition coefficient (Wildman–Crippen LogP) is 20.7. The SMILES string of the molecule is CCCOc1c2cc(-c3cccc(C(F)(F)F)c3)cc1Cc1c(OCCC)c(cc(O)c1N(N=C(O)OCc1ccccc1)C(=O)OCc1ccccc1)Cc1cc(-c3cccc(C(F)(F)F)c3)cc(c1OCCC)Cc1c(OCCC)c(cc(O)c1N(N=C(O)OCc1ccccc1)C(=O)OCc1ccccc1)C2. The lowest BCUT2D eigenvalue weighted by atomic mass is 9.87. The topological polar surface area (TPSA) is 220 Å². The Morgan fingerprint density at radius 2 is 0.655 bits per heavy atom. The zero-order valence-corrected chi connectivity index (χ0v) is 60.9. The maximum Gasteiger partial charge on any atom is 0.435 e. The average molecular weight is 1510 g/mol. The number of aromatic hydroxyl groups is 2. The molecule has 10 aromatic rings. The second-order valence-corrected chi connectivity index (χ2v) is 25.9. The van der Waals surface area contributed by atoms with Crippen LogP contribution < -0.4 is 29.0 Å². The van der Waals surface area contributed by atoms with Gasteiger partial charge in [-0.25, -0.2) is 9.59 Å². The van der Waals surface area contributed by atoms with Crippen LogP contribution in [0.2, 0.25) is 0 Å². The van der Waals surface area contributed by atoms with Gasteiger partial charge in [0.2, 0.25) is 0 Å². The number of anilines is 2. The van der Waals surface area contributed by atoms with E-state index in [9.17, 15) is 20.4 Å². The number of aliphatic hydroxyl groups excluding tert-OH is 2. The summed E-state index contributed by atoms with van der Waals surface area (Å²) in [7, 11) is 0. The molecule has 0 heterocycles. The molecule has 0 saturated heterocycles. The Kier molecular flexibility index (Phi) is 26.1. The molecule has 0 aliphatic heterocycles. The van der Waals surface area contributed by atoms with E-state index in [0.29, 0.717) is 58.0 Å². The fourth-order valence-electron chi connectivity index (χ4n) is 12.6. The minimum atomic E-state index is -4.82. The number of hydrogen-bond acceptors (Lipinski definition) is 14. The Bertz CT molecular complexity index is 4590. The first-order valence-corrected chi connectivity index (χ1v) is 35.9. The van der Waals surface area contributed by atoms with Crippen LogP contribution in [0.3, 0.4) is 0 Å². The molecule has 1 aliphatic rings. The second-order valence-electron chi connectivity index (χ2n) is 25.9. The van der Waals surface area contributed by atoms with Crippen LogP contribution >= 0.6 is 0 Å². The Balaban J connectivity index is 1.27. The summed E-state index contributed by atoms with van der Waals surface area (Å²) < 4.78 is 141. The van der Waals surface area contributed by atoms with Crippen molar-refractivity contribution in [3.8, 4) is 56.8 Å². The largest absolute Gasteiger partial charge is 0.506 e. The smallest absolute Gasteiger partial charge is 0.435 e. The van der Waals surface area contributed by atoms with Crippen molar-refractivity contribution in [2.45, 2.75) is 118 Å². The Labute approximate surface area is 632 Å². The van der Waals surface area contributed by atoms with Crippen molar-refractivity contribution in [2.75, 3.05) is 36.4 Å². The van der Waals surface area contributed by atoms with Crippen molar-refractivity contribution in [1.29, 1.82) is 0 Å². The summed E-state index contributed by atoms with van der Waals surface area (Å²) in [6.07, 6.45) is -14.4. The number of benzene rings is 10. The van der Waals surface area contributed by atoms with E-state index in [2.05, 4.69) is 10.2 Å². The second kappa shape index (κ2) is 36.5. The number of hydrogen-bond donors (Lipinski definition) is 4. The number of halogens is 6. The summed E-state index contributed by atoms with van der Waals surface area (Å²) in [4.78, 5) is 30.6. The van der Waals surface area contributed by atoms with E-state index in [0.717, 1.165) is 24.3 Å². The molecule has 18 nitrogen and oxygen atoms in total. The zero-order valence-electron chi connectivity index (χ0n) is 60.9. The van der Waals surface area contributed by atoms with Crippen molar-refractivity contribution in [1.82, 2.24) is 0 Å². The van der Waals surface area contributed by atoms with E-state index in [1.165, 1.54) is 36.4 Å². The van der Waals surface area contributed by atoms with E-state index >= 15 is 35.9 Å². The molecule has 11 rings (SSSR count). The van der Waals surface area contributed by atoms with Crippen LogP contribution in [0.4, 0.5) is 47.3 Å². The van der Waals surface area contributed by atoms with Gasteiger partial charge in [0.15, 0.2) is 0 Å². The number of aliphatic hydroxyl groups is 2. The molecule has 4 N–H and O–H groups in total. The lowest BCUT2D eigenvalue weighted by Crippen LogP contribution is -2.30. The van der Waals surface area contributed by atoms with Gasteiger partial charge in [0.05, 0.1) is 37.6 Å². The molecule has 0 fully saturated rings. The van der Waals surface area contributed by atoms with Crippen LogP contribution in [0.25, 0.3) is 22.3 Å². The molecule has 0 aromatic heterocycles. The van der Waals surface area contributed by atoms with Crippen LogP contribution in [0, 0.1) is 0 Å². The summed E-state index contributed by atoms with van der Waals surface area (Å²) in [5.74, 6) is -1.16. The van der Waals surface area contributed by atoms with Gasteiger partial charge in [-0.3, -0.25) is 0 Å². The number of ether oxygens (including phenoxy) is 8. The van der Waals surface area contributed by atoms with Gasteiger partial charge < -0.3 is 58.3 Å². The molecule has 1 aliphatic carbocycles. The highest BCUT2D eigenvalue weighted by molar-refractivity contribution is 5.95. The zero-order chi connectivity index (χ0) is 77.9. The number of rotatable bonds is 26. The van der Waals surface area contributed by atoms with Gasteiger partial charge in [-0.2, -0.15) is 36.4 Å². The molecule has 0 unspecified atom stereocenters. The molecule has 0 radical (unpaired) electrons. The van der Waals surface area contributed by atoms with Crippen LogP contribution in [-0.4, -0.2) is 71.2 Å². The maximum atomic E-state index is 15.3. The van der Waals surface area contributed by atoms with E-state index in [4.69, 9.17) is 37.9 Å². The van der Waals surface area contributed by atoms with Crippen molar-refractivity contribution in [3.05, 3.63) is 284 Å². The molecular formula is C86H82F6N4O14. The number of amides is 2. The normalized spacial score (nSPS) is 12.3. The molecule has 10 aromatic carbocycles. The molecule has 8 bridgehead atoms. The van der Waals surface area contributed by atoms with Crippen LogP contribution in [0.15, 0.2) is 216 Å². The lowest BCUT2D eigenvalue weighted by molar-refractivity contribution is -0.138. The Hall–Kier alpha value is -12.3. The van der Waals surface area contributed by atoms with Crippen molar-refractivity contribution >= 4 is 35.7 Å². The van der Waals surface area contributed by atoms with Gasteiger partial charge >= 0.3 is 36.7 Å². The van der Waals surface area contributed by atoms with Gasteiger partial charge in [-0.15, -0.1) is 0 Å². The highest BCUT2D eigenvalue weighted by Gasteiger charge is 2.37. The Morgan fingerprint density at radius 3 is 0.964 bits per heavy atom. The fourth-order valence-corrected chi connectivity index (χ4v) is 12.6. The Morgan fingerprint density at radius 1 is 0.364 bits per heavy atom. The number of nitrogens with zero attached hydrogens (tertiary/aromatic N) is 4. The predicted molar refractivity (Wildman–Crippen MR) is 405 cm³/mol. The van der Waals surface area contributed by atoms with Gasteiger partial charge in [0.25, 0.3) is 0 Å². The fraction of sp³-hybridized carbons (Fsp3) is 0.256. The first kappa shape index (κ1) is 78.7. The third-order valence-electron chi connectivity index (χ3n) is 17.6. The molecule has 2 amide bonds. The van der Waals surface area contributed by atoms with Crippen LogP contribution in [-0.2, 0) is 83.4 Å². The summed E-state index contributed by atoms with van der Waals surface area (Å²) in [6, 6.07) is 53.0. The molecule has 572 valence electrons. The highest BCUT2D eigenvalue weighted by atomic mass is 19.4. The van der Waals surface area contributed by atoms with E-state index in [1.54, 1.807) is 146 Å². The third-order valence-corrected chi connectivity index (χ3v) is 17.6. The van der Waals surface area contributed by atoms with Crippen molar-refractivity contribution in [2.24, 2.45) is 10.2 Å². The number of fused-ring (bicyclic) bond motifs is 8. The minimum Gasteiger partial charge on any atom is -0.506 e. The monoisotopic (exact) mass is 1510 g/mol. The molecular weight excluding hydrogens is 1430 g/mol. The highest BCUT2D eigenvalue weighted by Crippen LogP contribution is 2.51. The summed E-state index contributed by atoms with van der Waals surface area (Å²) in [5.41, 5.74) is 1.07. The van der Waals surface area contributed by atoms with Gasteiger partial charge in [0.1, 0.15) is 72.3 Å². The number of hydrazone groups is 2. The first-order chi connectivity index (χ1) is 53.1. The number of carbonyl (C=O) groups is 2. The molecule has 0 spiro atoms.